The number of aromatic amines is 1. The van der Waals surface area contributed by atoms with Crippen LogP contribution in [0.15, 0.2) is 42.5 Å². The molecule has 0 bridgehead atoms. The first-order chi connectivity index (χ1) is 18.0. The maximum Gasteiger partial charge on any atom is 0.290 e. The van der Waals surface area contributed by atoms with Crippen molar-refractivity contribution in [2.45, 2.75) is 44.9 Å². The number of aromatic nitrogens is 2. The lowest BCUT2D eigenvalue weighted by molar-refractivity contribution is -0.129. The number of para-hydroxylation sites is 1. The number of hydrogen-bond donors (Lipinski definition) is 5. The first-order valence-corrected chi connectivity index (χ1v) is 12.8. The Kier molecular flexibility index (Phi) is 8.97. The Morgan fingerprint density at radius 3 is 2.62 bits per heavy atom. The lowest BCUT2D eigenvalue weighted by Gasteiger charge is -2.32. The third-order valence-corrected chi connectivity index (χ3v) is 7.08. The number of nitrogens with zero attached hydrogens (tertiary/aromatic N) is 3. The highest BCUT2D eigenvalue weighted by Crippen LogP contribution is 2.28. The summed E-state index contributed by atoms with van der Waals surface area (Å²) in [5.74, 6) is 0.908. The fraction of sp³-hybridized carbons (Fsp3) is 0.444. The molecule has 2 aliphatic heterocycles. The quantitative estimate of drug-likeness (QED) is 0.308. The van der Waals surface area contributed by atoms with E-state index < -0.39 is 6.10 Å². The number of carbonyl (C=O) groups excluding carboxylic acids is 1. The number of H-pyrrole nitrogens is 1. The van der Waals surface area contributed by atoms with Gasteiger partial charge in [-0.1, -0.05) is 30.3 Å². The second kappa shape index (κ2) is 12.6. The minimum atomic E-state index is -0.482. The van der Waals surface area contributed by atoms with Crippen molar-refractivity contribution >= 4 is 34.8 Å². The number of fused-ring (bicyclic) bond motifs is 2. The Morgan fingerprint density at radius 2 is 1.89 bits per heavy atom. The maximum atomic E-state index is 11.6. The number of nitrogens with one attached hydrogen (secondary N) is 3. The zero-order valence-electron chi connectivity index (χ0n) is 21.2. The Morgan fingerprint density at radius 1 is 1.16 bits per heavy atom. The van der Waals surface area contributed by atoms with Gasteiger partial charge in [-0.25, -0.2) is 0 Å². The Hall–Kier alpha value is -3.63. The van der Waals surface area contributed by atoms with Crippen molar-refractivity contribution in [2.24, 2.45) is 0 Å². The number of β-amino-alcohol motifs (C(OH)–C–C–N with tert-alkyl or cyclic N) is 1. The molecule has 0 aliphatic carbocycles. The van der Waals surface area contributed by atoms with Crippen molar-refractivity contribution in [2.75, 3.05) is 43.4 Å². The van der Waals surface area contributed by atoms with Crippen LogP contribution in [0.25, 0.3) is 10.9 Å². The summed E-state index contributed by atoms with van der Waals surface area (Å²) in [5, 5.41) is 33.2. The lowest BCUT2D eigenvalue weighted by atomic mass is 10.00. The number of likely N-dealkylation sites (tertiary alicyclic amines) is 1. The highest BCUT2D eigenvalue weighted by atomic mass is 16.3. The molecule has 1 amide bonds. The fourth-order valence-electron chi connectivity index (χ4n) is 5.14. The first-order valence-electron chi connectivity index (χ1n) is 12.8. The van der Waals surface area contributed by atoms with Crippen molar-refractivity contribution in [3.8, 4) is 0 Å². The molecule has 37 heavy (non-hydrogen) atoms. The van der Waals surface area contributed by atoms with E-state index in [-0.39, 0.29) is 12.4 Å². The van der Waals surface area contributed by atoms with Gasteiger partial charge in [0.2, 0.25) is 5.91 Å². The molecule has 3 aromatic rings. The van der Waals surface area contributed by atoms with Crippen LogP contribution in [0.4, 0.5) is 11.5 Å². The van der Waals surface area contributed by atoms with E-state index >= 15 is 0 Å². The Bertz CT molecular complexity index is 1190. The number of amides is 1. The van der Waals surface area contributed by atoms with Crippen LogP contribution in [-0.2, 0) is 22.6 Å². The smallest absolute Gasteiger partial charge is 0.290 e. The van der Waals surface area contributed by atoms with Crippen molar-refractivity contribution in [1.29, 1.82) is 0 Å². The van der Waals surface area contributed by atoms with Crippen LogP contribution in [0, 0.1) is 0 Å². The SMILES string of the molecule is CC(=O)N1CCC(Nc2cccc3c(NCC(O)CN4CCc5ccccc5C4)n[nH]c23)CC1.O=CO. The zero-order chi connectivity index (χ0) is 26.2. The second-order valence-corrected chi connectivity index (χ2v) is 9.62. The molecule has 5 rings (SSSR count). The predicted octanol–water partition coefficient (Wildman–Crippen LogP) is 2.52. The number of piperidine rings is 1. The van der Waals surface area contributed by atoms with Gasteiger partial charge in [-0.2, -0.15) is 5.10 Å². The first kappa shape index (κ1) is 26.4. The topological polar surface area (TPSA) is 134 Å². The molecule has 198 valence electrons. The molecule has 1 unspecified atom stereocenters. The van der Waals surface area contributed by atoms with E-state index in [1.807, 2.05) is 17.0 Å². The van der Waals surface area contributed by atoms with E-state index in [4.69, 9.17) is 9.90 Å². The molecule has 2 aromatic carbocycles. The summed E-state index contributed by atoms with van der Waals surface area (Å²) in [4.78, 5) is 24.2. The molecule has 0 saturated carbocycles. The standard InChI is InChI=1S/C26H34N6O2.CH2O2/c1-18(33)32-13-10-21(11-14-32)28-24-8-4-7-23-25(24)29-30-26(23)27-15-22(34)17-31-12-9-19-5-2-3-6-20(19)16-31;2-1-3/h2-8,21-22,28,34H,9-17H2,1H3,(H2,27,29,30);1H,(H,2,3). The summed E-state index contributed by atoms with van der Waals surface area (Å²) in [6.45, 7) is 5.90. The number of anilines is 2. The number of hydrogen-bond acceptors (Lipinski definition) is 7. The van der Waals surface area contributed by atoms with Gasteiger partial charge in [0.25, 0.3) is 6.47 Å². The van der Waals surface area contributed by atoms with Crippen molar-refractivity contribution < 1.29 is 19.8 Å². The number of rotatable bonds is 7. The average Bonchev–Trinajstić information content (AvgIpc) is 3.32. The Balaban J connectivity index is 0.00000102. The summed E-state index contributed by atoms with van der Waals surface area (Å²) in [6.07, 6.45) is 2.42. The molecule has 10 heteroatoms. The van der Waals surface area contributed by atoms with Crippen molar-refractivity contribution in [3.05, 3.63) is 53.6 Å². The molecule has 0 radical (unpaired) electrons. The zero-order valence-corrected chi connectivity index (χ0v) is 21.2. The van der Waals surface area contributed by atoms with E-state index in [0.717, 1.165) is 67.8 Å². The number of aliphatic hydroxyl groups excluding tert-OH is 1. The molecular formula is C27H36N6O4. The van der Waals surface area contributed by atoms with Gasteiger partial charge in [-0.05, 0) is 42.5 Å². The summed E-state index contributed by atoms with van der Waals surface area (Å²) >= 11 is 0. The molecular weight excluding hydrogens is 472 g/mol. The summed E-state index contributed by atoms with van der Waals surface area (Å²) in [6, 6.07) is 15.0. The van der Waals surface area contributed by atoms with Gasteiger partial charge in [-0.3, -0.25) is 19.6 Å². The maximum absolute atomic E-state index is 11.6. The van der Waals surface area contributed by atoms with Crippen LogP contribution < -0.4 is 10.6 Å². The Labute approximate surface area is 216 Å². The minimum Gasteiger partial charge on any atom is -0.483 e. The molecule has 3 heterocycles. The fourth-order valence-corrected chi connectivity index (χ4v) is 5.14. The number of carbonyl (C=O) groups is 2. The van der Waals surface area contributed by atoms with Crippen molar-refractivity contribution in [3.63, 3.8) is 0 Å². The lowest BCUT2D eigenvalue weighted by Crippen LogP contribution is -2.41. The molecule has 1 saturated heterocycles. The normalized spacial score (nSPS) is 16.9. The van der Waals surface area contributed by atoms with E-state index in [9.17, 15) is 9.90 Å². The van der Waals surface area contributed by atoms with Crippen LogP contribution in [0.3, 0.4) is 0 Å². The molecule has 10 nitrogen and oxygen atoms in total. The van der Waals surface area contributed by atoms with Gasteiger partial charge in [0, 0.05) is 57.6 Å². The van der Waals surface area contributed by atoms with Crippen LogP contribution in [0.2, 0.25) is 0 Å². The van der Waals surface area contributed by atoms with Crippen LogP contribution >= 0.6 is 0 Å². The molecule has 1 fully saturated rings. The van der Waals surface area contributed by atoms with Gasteiger partial charge in [0.05, 0.1) is 17.3 Å². The predicted molar refractivity (Wildman–Crippen MR) is 144 cm³/mol. The van der Waals surface area contributed by atoms with E-state index in [1.165, 1.54) is 11.1 Å². The highest BCUT2D eigenvalue weighted by Gasteiger charge is 2.22. The summed E-state index contributed by atoms with van der Waals surface area (Å²) in [7, 11) is 0. The highest BCUT2D eigenvalue weighted by molar-refractivity contribution is 5.97. The average molecular weight is 509 g/mol. The minimum absolute atomic E-state index is 0.150. The van der Waals surface area contributed by atoms with Crippen molar-refractivity contribution in [1.82, 2.24) is 20.0 Å². The van der Waals surface area contributed by atoms with E-state index in [0.29, 0.717) is 19.1 Å². The van der Waals surface area contributed by atoms with Gasteiger partial charge in [0.15, 0.2) is 5.82 Å². The van der Waals surface area contributed by atoms with Crippen LogP contribution in [0.1, 0.15) is 30.9 Å². The number of carboxylic acid groups (broad SMARTS) is 1. The van der Waals surface area contributed by atoms with Gasteiger partial charge in [-0.15, -0.1) is 0 Å². The third kappa shape index (κ3) is 6.78. The second-order valence-electron chi connectivity index (χ2n) is 9.62. The molecule has 0 spiro atoms. The van der Waals surface area contributed by atoms with E-state index in [2.05, 4.69) is 56.1 Å². The summed E-state index contributed by atoms with van der Waals surface area (Å²) in [5.41, 5.74) is 4.76. The van der Waals surface area contributed by atoms with Gasteiger partial charge in [0.1, 0.15) is 0 Å². The number of aliphatic hydroxyl groups is 1. The summed E-state index contributed by atoms with van der Waals surface area (Å²) < 4.78 is 0. The molecule has 2 aliphatic rings. The van der Waals surface area contributed by atoms with E-state index in [1.54, 1.807) is 6.92 Å². The monoisotopic (exact) mass is 508 g/mol. The largest absolute Gasteiger partial charge is 0.483 e. The van der Waals surface area contributed by atoms with Crippen LogP contribution in [-0.4, -0.2) is 87.5 Å². The molecule has 1 atom stereocenters. The molecule has 1 aromatic heterocycles. The van der Waals surface area contributed by atoms with Crippen LogP contribution in [0.5, 0.6) is 0 Å². The van der Waals surface area contributed by atoms with Gasteiger partial charge >= 0.3 is 0 Å². The van der Waals surface area contributed by atoms with Gasteiger partial charge < -0.3 is 25.7 Å². The number of benzene rings is 2. The molecule has 5 N–H and O–H groups in total. The third-order valence-electron chi connectivity index (χ3n) is 7.08.